The Kier molecular flexibility index (Phi) is 88.4. The molecule has 6 aromatic rings. The molecule has 4 aliphatic rings. The SMILES string of the molecule is C.C=CC.C=CCO.C=CCO.CC(C)(c1ccc(OCC(O)CCl)cc1)c1ccc(OCC(O)CCl)cc1.CC(C)(c1ccc(OCC(O)CO)cc1)c1ccc(OCC(O)CO)cc1.CC(C)(c1ccc(OCC2CO2)cc1)c1ccc(OCC2CO2)cc1.Cl.O.OCC1CO1.OCC1CO1.[Ac].[Ac].[Ac].[Ac].[Ac].[Ac].[Ac]. The first-order chi connectivity index (χ1) is 47.9. The van der Waals surface area contributed by atoms with E-state index < -0.39 is 24.4 Å². The van der Waals surface area contributed by atoms with Crippen molar-refractivity contribution < 1.29 is 412 Å². The van der Waals surface area contributed by atoms with Gasteiger partial charge in [0.25, 0.3) is 0 Å². The predicted octanol–water partition coefficient (Wildman–Crippen LogP) is 9.52. The van der Waals surface area contributed by atoms with Crippen molar-refractivity contribution in [3.63, 3.8) is 0 Å². The summed E-state index contributed by atoms with van der Waals surface area (Å²) >= 11 is 11.1. The fourth-order valence-corrected chi connectivity index (χ4v) is 8.50. The van der Waals surface area contributed by atoms with E-state index in [9.17, 15) is 20.4 Å². The maximum absolute atomic E-state index is 9.47. The van der Waals surface area contributed by atoms with Crippen LogP contribution in [0.15, 0.2) is 184 Å². The van der Waals surface area contributed by atoms with Gasteiger partial charge in [0.05, 0.1) is 77.8 Å². The van der Waals surface area contributed by atoms with Gasteiger partial charge in [-0.1, -0.05) is 140 Å². The van der Waals surface area contributed by atoms with Crippen LogP contribution in [0.2, 0.25) is 0 Å². The smallest absolute Gasteiger partial charge is 0.119 e. The molecule has 0 aromatic heterocycles. The first kappa shape index (κ1) is 129. The Labute approximate surface area is 920 Å². The number of ether oxygens (including phenoxy) is 10. The predicted molar refractivity (Wildman–Crippen MR) is 409 cm³/mol. The molecule has 4 heterocycles. The summed E-state index contributed by atoms with van der Waals surface area (Å²) in [4.78, 5) is 0. The molecule has 0 amide bonds. The van der Waals surface area contributed by atoms with E-state index in [2.05, 4.69) is 95.0 Å². The minimum absolute atomic E-state index is 0. The zero-order valence-corrected chi connectivity index (χ0v) is 99.4. The summed E-state index contributed by atoms with van der Waals surface area (Å²) in [6, 6.07) is 47.6. The van der Waals surface area contributed by atoms with Crippen LogP contribution in [0.5, 0.6) is 34.5 Å². The maximum Gasteiger partial charge on any atom is 0.119 e. The fraction of sp³-hybridized carbons (Fsp3) is 0.468. The molecule has 21 nitrogen and oxygen atoms in total. The van der Waals surface area contributed by atoms with Gasteiger partial charge in [0.2, 0.25) is 0 Å². The Morgan fingerprint density at radius 2 is 0.536 bits per heavy atom. The van der Waals surface area contributed by atoms with E-state index in [1.807, 2.05) is 128 Å². The van der Waals surface area contributed by atoms with Crippen molar-refractivity contribution in [2.45, 2.75) is 121 Å². The van der Waals surface area contributed by atoms with Crippen molar-refractivity contribution in [2.24, 2.45) is 0 Å². The number of aliphatic hydroxyl groups is 10. The number of rotatable bonds is 32. The standard InChI is InChI=1S/C21H26Cl2O4.C21H28O6.C21H24O4.2C3H6O2.2C3H6O.C3H6.CH4.7Ac.ClH.H2O/c2*1-21(2,15-3-7-19(8-4-15)26-13-17(24)11-22)16-5-9-20(10-6-16)27-14-18(25)12-23;1-21(2,15-3-7-17(8-4-15)22-11-19-13-24-19)16-5-9-18(10-6-16)23-12-20-14-25-20;2*4-1-3-2-5-3;2*1-2-3-4;1-3-2;;;;;;;;;;/h3-10,17-18,24-25H,11-14H2,1-2H3;3-10,17-18,22-25H,11-14H2,1-2H3;3-10,19-20H,11-14H2,1-2H3;2*3-4H,1-2H2;2*2,4H,1,3H2;3H,1H2,2H3;1H4;;;;;;;;1H;1H2. The minimum Gasteiger partial charge on any atom is -0.491 e. The molecule has 8 atom stereocenters. The first-order valence-corrected chi connectivity index (χ1v) is 34.2. The van der Waals surface area contributed by atoms with Crippen LogP contribution < -0.4 is 28.4 Å². The number of epoxide rings is 4. The molecule has 0 aliphatic carbocycles. The molecule has 31 heteroatoms. The topological polar surface area (TPSA) is 339 Å². The normalized spacial score (nSPS) is 15.4. The largest absolute Gasteiger partial charge is 0.491 e. The fourth-order valence-electron chi connectivity index (χ4n) is 8.32. The number of allylic oxidation sites excluding steroid dienone is 1. The van der Waals surface area contributed by atoms with Gasteiger partial charge in [0.15, 0.2) is 0 Å². The van der Waals surface area contributed by atoms with E-state index in [1.165, 1.54) is 23.3 Å². The van der Waals surface area contributed by atoms with Crippen molar-refractivity contribution in [2.75, 3.05) is 117 Å². The Bertz CT molecular complexity index is 2800. The Hall–Kier alpha value is 3.70. The number of benzene rings is 6. The Balaban J connectivity index is -0.000000200. The number of aliphatic hydroxyl groups excluding tert-OH is 10. The van der Waals surface area contributed by atoms with Crippen molar-refractivity contribution in [3.05, 3.63) is 217 Å². The van der Waals surface area contributed by atoms with Gasteiger partial charge < -0.3 is 104 Å². The molecule has 7 radical (unpaired) electrons. The molecule has 6 aromatic carbocycles. The van der Waals surface area contributed by atoms with Crippen LogP contribution in [-0.4, -0.2) is 223 Å². The van der Waals surface area contributed by atoms with Crippen LogP contribution in [0.25, 0.3) is 0 Å². The summed E-state index contributed by atoms with van der Waals surface area (Å²) in [5.74, 6) is 4.73. The molecule has 599 valence electrons. The van der Waals surface area contributed by atoms with E-state index in [4.69, 9.17) is 91.7 Å². The molecule has 12 N–H and O–H groups in total. The molecular weight excluding hydrogens is 2980 g/mol. The molecule has 110 heavy (non-hydrogen) atoms. The molecule has 4 fully saturated rings. The average molecular weight is 3100 g/mol. The summed E-state index contributed by atoms with van der Waals surface area (Å²) in [5, 5.41) is 86.9. The first-order valence-electron chi connectivity index (χ1n) is 33.1. The average Bonchev–Trinajstić information content (AvgIpc) is 1.18. The van der Waals surface area contributed by atoms with Gasteiger partial charge in [0.1, 0.15) is 123 Å². The van der Waals surface area contributed by atoms with Crippen LogP contribution in [0.3, 0.4) is 0 Å². The van der Waals surface area contributed by atoms with Crippen LogP contribution in [-0.2, 0) is 35.2 Å². The number of hydrogen-bond acceptors (Lipinski definition) is 20. The minimum atomic E-state index is -0.889. The summed E-state index contributed by atoms with van der Waals surface area (Å²) in [6.07, 6.45) is 2.43. The van der Waals surface area contributed by atoms with Gasteiger partial charge in [-0.25, -0.2) is 0 Å². The Morgan fingerprint density at radius 3 is 0.664 bits per heavy atom. The summed E-state index contributed by atoms with van der Waals surface area (Å²) in [7, 11) is 0. The number of alkyl halides is 2. The van der Waals surface area contributed by atoms with Gasteiger partial charge in [-0.15, -0.1) is 55.3 Å². The van der Waals surface area contributed by atoms with Crippen molar-refractivity contribution >= 4 is 35.6 Å². The van der Waals surface area contributed by atoms with E-state index in [1.54, 1.807) is 6.08 Å². The molecule has 4 saturated heterocycles. The zero-order chi connectivity index (χ0) is 73.9. The summed E-state index contributed by atoms with van der Waals surface area (Å²) in [6.45, 7) is 29.5. The van der Waals surface area contributed by atoms with Gasteiger partial charge in [0, 0.05) is 325 Å². The van der Waals surface area contributed by atoms with Gasteiger partial charge in [-0.3, -0.25) is 0 Å². The third-order valence-electron chi connectivity index (χ3n) is 15.2. The zero-order valence-electron chi connectivity index (χ0n) is 63.8. The third-order valence-corrected chi connectivity index (χ3v) is 15.9. The van der Waals surface area contributed by atoms with E-state index >= 15 is 0 Å². The van der Waals surface area contributed by atoms with Crippen LogP contribution in [0.1, 0.15) is 89.3 Å². The summed E-state index contributed by atoms with van der Waals surface area (Å²) in [5.41, 5.74) is 6.44. The number of hydrogen-bond donors (Lipinski definition) is 10. The van der Waals surface area contributed by atoms with Gasteiger partial charge >= 0.3 is 0 Å². The molecule has 0 spiro atoms. The van der Waals surface area contributed by atoms with E-state index in [-0.39, 0.29) is 452 Å². The molecule has 0 saturated carbocycles. The van der Waals surface area contributed by atoms with Crippen LogP contribution in [0.4, 0.5) is 0 Å². The second kappa shape index (κ2) is 75.2. The van der Waals surface area contributed by atoms with Crippen molar-refractivity contribution in [3.8, 4) is 34.5 Å². The molecule has 8 unspecified atom stereocenters. The van der Waals surface area contributed by atoms with E-state index in [0.29, 0.717) is 36.2 Å². The molecule has 0 bridgehead atoms. The monoisotopic (exact) mass is 3090 g/mol. The molecule has 10 rings (SSSR count). The van der Waals surface area contributed by atoms with Gasteiger partial charge in [-0.05, 0) is 113 Å². The van der Waals surface area contributed by atoms with Crippen molar-refractivity contribution in [1.29, 1.82) is 0 Å². The second-order valence-corrected chi connectivity index (χ2v) is 25.3. The number of halogens is 3. The van der Waals surface area contributed by atoms with Crippen LogP contribution >= 0.6 is 35.6 Å². The molecular formula is C79H115Ac7Cl3O21. The van der Waals surface area contributed by atoms with E-state index in [0.717, 1.165) is 60.2 Å². The summed E-state index contributed by atoms with van der Waals surface area (Å²) < 4.78 is 52.9. The quantitative estimate of drug-likeness (QED) is 0.0107. The maximum atomic E-state index is 9.47. The van der Waals surface area contributed by atoms with Crippen molar-refractivity contribution in [1.82, 2.24) is 0 Å². The molecule has 4 aliphatic heterocycles. The van der Waals surface area contributed by atoms with Gasteiger partial charge in [-0.2, -0.15) is 0 Å². The second-order valence-electron chi connectivity index (χ2n) is 24.7. The van der Waals surface area contributed by atoms with Crippen LogP contribution in [0, 0.1) is 308 Å². The third kappa shape index (κ3) is 56.5. The Morgan fingerprint density at radius 1 is 0.373 bits per heavy atom.